The molecule has 29 heavy (non-hydrogen) atoms. The number of carbonyl (C=O) groups excluding carboxylic acids is 1. The van der Waals surface area contributed by atoms with Crippen LogP contribution < -0.4 is 5.32 Å². The van der Waals surface area contributed by atoms with Crippen molar-refractivity contribution < 1.29 is 4.79 Å². The number of urea groups is 1. The molecule has 2 heterocycles. The second-order valence-electron chi connectivity index (χ2n) is 9.89. The Hall–Kier alpha value is -1.55. The Morgan fingerprint density at radius 1 is 1.07 bits per heavy atom. The predicted octanol–water partition coefficient (Wildman–Crippen LogP) is 4.80. The van der Waals surface area contributed by atoms with Crippen molar-refractivity contribution in [1.82, 2.24) is 15.1 Å². The Morgan fingerprint density at radius 2 is 1.69 bits per heavy atom. The molecule has 1 N–H and O–H groups in total. The highest BCUT2D eigenvalue weighted by Crippen LogP contribution is 2.46. The van der Waals surface area contributed by atoms with E-state index >= 15 is 0 Å². The summed E-state index contributed by atoms with van der Waals surface area (Å²) in [5, 5.41) is 3.31. The van der Waals surface area contributed by atoms with E-state index in [4.69, 9.17) is 0 Å². The average molecular weight is 400 g/mol. The molecule has 2 aliphatic rings. The van der Waals surface area contributed by atoms with E-state index in [1.165, 1.54) is 12.0 Å². The van der Waals surface area contributed by atoms with Crippen molar-refractivity contribution in [2.24, 2.45) is 17.3 Å². The fourth-order valence-electron chi connectivity index (χ4n) is 5.25. The first kappa shape index (κ1) is 22.1. The summed E-state index contributed by atoms with van der Waals surface area (Å²) in [5.74, 6) is 1.34. The van der Waals surface area contributed by atoms with Gasteiger partial charge in [-0.2, -0.15) is 0 Å². The first-order valence-corrected chi connectivity index (χ1v) is 11.7. The maximum Gasteiger partial charge on any atom is 0.317 e. The number of hydrogen-bond donors (Lipinski definition) is 1. The van der Waals surface area contributed by atoms with Gasteiger partial charge in [0.2, 0.25) is 0 Å². The number of nitrogens with one attached hydrogen (secondary N) is 1. The summed E-state index contributed by atoms with van der Waals surface area (Å²) in [4.78, 5) is 17.3. The van der Waals surface area contributed by atoms with Crippen LogP contribution >= 0.6 is 0 Å². The van der Waals surface area contributed by atoms with Gasteiger partial charge in [-0.05, 0) is 81.5 Å². The summed E-state index contributed by atoms with van der Waals surface area (Å²) in [7, 11) is 2.16. The summed E-state index contributed by atoms with van der Waals surface area (Å²) in [6.07, 6.45) is 6.75. The molecule has 4 nitrogen and oxygen atoms in total. The van der Waals surface area contributed by atoms with Crippen LogP contribution in [0.15, 0.2) is 30.3 Å². The Labute approximate surface area is 178 Å². The van der Waals surface area contributed by atoms with Gasteiger partial charge in [-0.15, -0.1) is 0 Å². The highest BCUT2D eigenvalue weighted by Gasteiger charge is 2.41. The molecule has 0 saturated carbocycles. The second kappa shape index (κ2) is 9.97. The quantitative estimate of drug-likeness (QED) is 0.746. The minimum absolute atomic E-state index is 0.161. The van der Waals surface area contributed by atoms with E-state index < -0.39 is 0 Å². The summed E-state index contributed by atoms with van der Waals surface area (Å²) >= 11 is 0. The van der Waals surface area contributed by atoms with Gasteiger partial charge in [0.25, 0.3) is 0 Å². The number of nitrogens with zero attached hydrogens (tertiary/aromatic N) is 2. The Morgan fingerprint density at radius 3 is 2.28 bits per heavy atom. The number of likely N-dealkylation sites (tertiary alicyclic amines) is 2. The first-order valence-electron chi connectivity index (χ1n) is 11.7. The number of piperidine rings is 2. The standard InChI is InChI=1S/C25H41N3O/c1-20(2)21(3)25(13-10-22-8-6-5-7-9-22)14-18-28(19-15-25)24(29)26-23-11-16-27(4)17-12-23/h5-9,20-21,23H,10-19H2,1-4H3,(H,26,29). The van der Waals surface area contributed by atoms with Gasteiger partial charge in [0.05, 0.1) is 0 Å². The van der Waals surface area contributed by atoms with Gasteiger partial charge in [0.15, 0.2) is 0 Å². The van der Waals surface area contributed by atoms with Crippen molar-refractivity contribution in [3.05, 3.63) is 35.9 Å². The van der Waals surface area contributed by atoms with Crippen LogP contribution in [-0.2, 0) is 6.42 Å². The third-order valence-electron chi connectivity index (χ3n) is 7.81. The molecule has 2 saturated heterocycles. The molecule has 0 aromatic heterocycles. The van der Waals surface area contributed by atoms with Crippen molar-refractivity contribution in [3.63, 3.8) is 0 Å². The smallest absolute Gasteiger partial charge is 0.317 e. The summed E-state index contributed by atoms with van der Waals surface area (Å²) in [5.41, 5.74) is 1.78. The van der Waals surface area contributed by atoms with E-state index in [1.54, 1.807) is 0 Å². The molecule has 0 radical (unpaired) electrons. The second-order valence-corrected chi connectivity index (χ2v) is 9.89. The zero-order valence-corrected chi connectivity index (χ0v) is 19.0. The van der Waals surface area contributed by atoms with Gasteiger partial charge in [0, 0.05) is 19.1 Å². The summed E-state index contributed by atoms with van der Waals surface area (Å²) < 4.78 is 0. The lowest BCUT2D eigenvalue weighted by Crippen LogP contribution is -2.53. The Bertz CT molecular complexity index is 629. The van der Waals surface area contributed by atoms with Crippen LogP contribution in [0.2, 0.25) is 0 Å². The number of amides is 2. The number of aryl methyl sites for hydroxylation is 1. The molecule has 0 bridgehead atoms. The molecule has 1 atom stereocenters. The molecule has 2 aliphatic heterocycles. The van der Waals surface area contributed by atoms with Gasteiger partial charge >= 0.3 is 6.03 Å². The molecule has 4 heteroatoms. The van der Waals surface area contributed by atoms with Gasteiger partial charge in [0.1, 0.15) is 0 Å². The predicted molar refractivity (Wildman–Crippen MR) is 121 cm³/mol. The molecule has 2 fully saturated rings. The Balaban J connectivity index is 1.57. The number of benzene rings is 1. The zero-order chi connectivity index (χ0) is 20.9. The van der Waals surface area contributed by atoms with E-state index in [2.05, 4.69) is 73.3 Å². The monoisotopic (exact) mass is 399 g/mol. The topological polar surface area (TPSA) is 35.6 Å². The molecule has 3 rings (SSSR count). The van der Waals surface area contributed by atoms with Crippen molar-refractivity contribution >= 4 is 6.03 Å². The molecular formula is C25H41N3O. The zero-order valence-electron chi connectivity index (χ0n) is 19.0. The van der Waals surface area contributed by atoms with Crippen molar-refractivity contribution in [1.29, 1.82) is 0 Å². The SMILES string of the molecule is CC(C)C(C)C1(CCc2ccccc2)CCN(C(=O)NC2CCN(C)CC2)CC1. The lowest BCUT2D eigenvalue weighted by molar-refractivity contribution is 0.0376. The maximum absolute atomic E-state index is 12.8. The maximum atomic E-state index is 12.8. The third-order valence-corrected chi connectivity index (χ3v) is 7.81. The largest absolute Gasteiger partial charge is 0.335 e. The highest BCUT2D eigenvalue weighted by molar-refractivity contribution is 5.74. The lowest BCUT2D eigenvalue weighted by atomic mass is 9.63. The van der Waals surface area contributed by atoms with Gasteiger partial charge in [-0.25, -0.2) is 4.79 Å². The van der Waals surface area contributed by atoms with Crippen LogP contribution in [0.3, 0.4) is 0 Å². The number of carbonyl (C=O) groups is 1. The molecule has 0 aliphatic carbocycles. The average Bonchev–Trinajstić information content (AvgIpc) is 2.74. The molecule has 0 spiro atoms. The molecule has 2 amide bonds. The van der Waals surface area contributed by atoms with E-state index in [1.807, 2.05) is 0 Å². The summed E-state index contributed by atoms with van der Waals surface area (Å²) in [6, 6.07) is 11.4. The summed E-state index contributed by atoms with van der Waals surface area (Å²) in [6.45, 7) is 11.1. The molecule has 162 valence electrons. The van der Waals surface area contributed by atoms with Crippen LogP contribution in [0.4, 0.5) is 4.79 Å². The van der Waals surface area contributed by atoms with Crippen LogP contribution in [0.5, 0.6) is 0 Å². The molecule has 1 aromatic carbocycles. The fraction of sp³-hybridized carbons (Fsp3) is 0.720. The van der Waals surface area contributed by atoms with E-state index in [-0.39, 0.29) is 6.03 Å². The third kappa shape index (κ3) is 5.75. The van der Waals surface area contributed by atoms with E-state index in [0.717, 1.165) is 58.3 Å². The van der Waals surface area contributed by atoms with Gasteiger partial charge in [-0.1, -0.05) is 51.1 Å². The minimum atomic E-state index is 0.161. The minimum Gasteiger partial charge on any atom is -0.335 e. The van der Waals surface area contributed by atoms with Crippen molar-refractivity contribution in [3.8, 4) is 0 Å². The van der Waals surface area contributed by atoms with Crippen LogP contribution in [-0.4, -0.2) is 55.1 Å². The van der Waals surface area contributed by atoms with Gasteiger partial charge in [-0.3, -0.25) is 0 Å². The van der Waals surface area contributed by atoms with E-state index in [0.29, 0.717) is 23.3 Å². The number of rotatable bonds is 6. The molecule has 1 unspecified atom stereocenters. The first-order chi connectivity index (χ1) is 13.9. The molecular weight excluding hydrogens is 358 g/mol. The van der Waals surface area contributed by atoms with E-state index in [9.17, 15) is 4.79 Å². The normalized spacial score (nSPS) is 21.9. The van der Waals surface area contributed by atoms with Crippen molar-refractivity contribution in [2.75, 3.05) is 33.2 Å². The number of hydrogen-bond acceptors (Lipinski definition) is 2. The van der Waals surface area contributed by atoms with Gasteiger partial charge < -0.3 is 15.1 Å². The fourth-order valence-corrected chi connectivity index (χ4v) is 5.25. The lowest BCUT2D eigenvalue weighted by Gasteiger charge is -2.47. The van der Waals surface area contributed by atoms with Crippen LogP contribution in [0, 0.1) is 17.3 Å². The van der Waals surface area contributed by atoms with Crippen molar-refractivity contribution in [2.45, 2.75) is 65.3 Å². The van der Waals surface area contributed by atoms with Crippen LogP contribution in [0.25, 0.3) is 0 Å². The molecule has 1 aromatic rings. The highest BCUT2D eigenvalue weighted by atomic mass is 16.2. The Kier molecular flexibility index (Phi) is 7.61. The van der Waals surface area contributed by atoms with Crippen LogP contribution in [0.1, 0.15) is 58.4 Å².